The molecule has 3 rings (SSSR count). The van der Waals surface area contributed by atoms with Crippen molar-refractivity contribution in [3.63, 3.8) is 0 Å². The first-order chi connectivity index (χ1) is 14.3. The van der Waals surface area contributed by atoms with Gasteiger partial charge in [0.25, 0.3) is 0 Å². The number of carbonyl (C=O) groups is 1. The summed E-state index contributed by atoms with van der Waals surface area (Å²) in [6.07, 6.45) is -0.157. The Morgan fingerprint density at radius 3 is 2.67 bits per heavy atom. The maximum Gasteiger partial charge on any atom is 0.304 e. The van der Waals surface area contributed by atoms with E-state index in [0.717, 1.165) is 16.9 Å². The van der Waals surface area contributed by atoms with Gasteiger partial charge in [-0.2, -0.15) is 0 Å². The van der Waals surface area contributed by atoms with Gasteiger partial charge in [-0.1, -0.05) is 29.8 Å². The Hall–Kier alpha value is -2.28. The molecular weight excluding hydrogens is 404 g/mol. The molecule has 2 aromatic carbocycles. The third kappa shape index (κ3) is 5.25. The number of rotatable bonds is 8. The molecule has 162 valence electrons. The smallest absolute Gasteiger partial charge is 0.304 e. The molecule has 1 aliphatic heterocycles. The summed E-state index contributed by atoms with van der Waals surface area (Å²) in [5.41, 5.74) is 2.41. The van der Waals surface area contributed by atoms with Gasteiger partial charge >= 0.3 is 5.97 Å². The summed E-state index contributed by atoms with van der Waals surface area (Å²) in [5, 5.41) is 13.7. The lowest BCUT2D eigenvalue weighted by molar-refractivity contribution is -0.137. The molecule has 7 heteroatoms. The van der Waals surface area contributed by atoms with E-state index in [1.165, 1.54) is 0 Å². The molecule has 2 atom stereocenters. The predicted molar refractivity (Wildman–Crippen MR) is 120 cm³/mol. The summed E-state index contributed by atoms with van der Waals surface area (Å²) in [4.78, 5) is 13.7. The molecule has 2 aromatic rings. The van der Waals surface area contributed by atoms with Crippen LogP contribution < -0.4 is 10.2 Å². The number of nitrogens with one attached hydrogen (secondary N) is 1. The fraction of sp³-hybridized carbons (Fsp3) is 0.435. The highest BCUT2D eigenvalue weighted by Gasteiger charge is 2.40. The number of methoxy groups -OCH3 is 1. The molecule has 1 heterocycles. The van der Waals surface area contributed by atoms with Crippen molar-refractivity contribution in [1.82, 2.24) is 0 Å². The van der Waals surface area contributed by atoms with Gasteiger partial charge in [-0.15, -0.1) is 0 Å². The number of halogens is 1. The number of hydrogen-bond acceptors (Lipinski definition) is 5. The lowest BCUT2D eigenvalue weighted by Crippen LogP contribution is -2.61. The lowest BCUT2D eigenvalue weighted by atomic mass is 9.92. The lowest BCUT2D eigenvalue weighted by Gasteiger charge is -2.48. The third-order valence-corrected chi connectivity index (χ3v) is 5.65. The van der Waals surface area contributed by atoms with Gasteiger partial charge in [0.15, 0.2) is 0 Å². The number of carboxylic acid groups (broad SMARTS) is 1. The SMILES string of the molecule is COCC(CC(=O)O)c1ccccc1N1CCOC(C)(C)C1Nc1ccc(Cl)cc1. The molecule has 0 radical (unpaired) electrons. The van der Waals surface area contributed by atoms with E-state index < -0.39 is 11.6 Å². The van der Waals surface area contributed by atoms with Crippen LogP contribution >= 0.6 is 11.6 Å². The Kier molecular flexibility index (Phi) is 7.23. The third-order valence-electron chi connectivity index (χ3n) is 5.40. The molecule has 0 aromatic heterocycles. The number of anilines is 2. The summed E-state index contributed by atoms with van der Waals surface area (Å²) in [6.45, 7) is 5.71. The number of carboxylic acids is 1. The highest BCUT2D eigenvalue weighted by Crippen LogP contribution is 2.36. The van der Waals surface area contributed by atoms with Crippen molar-refractivity contribution in [2.24, 2.45) is 0 Å². The van der Waals surface area contributed by atoms with Crippen molar-refractivity contribution in [2.75, 3.05) is 37.1 Å². The maximum absolute atomic E-state index is 11.5. The van der Waals surface area contributed by atoms with Gasteiger partial charge in [-0.25, -0.2) is 0 Å². The molecule has 0 aliphatic carbocycles. The summed E-state index contributed by atoms with van der Waals surface area (Å²) in [5.74, 6) is -1.09. The van der Waals surface area contributed by atoms with Crippen LogP contribution in [0.4, 0.5) is 11.4 Å². The van der Waals surface area contributed by atoms with Gasteiger partial charge in [0.1, 0.15) is 11.8 Å². The second kappa shape index (κ2) is 9.69. The van der Waals surface area contributed by atoms with Crippen LogP contribution in [0.3, 0.4) is 0 Å². The van der Waals surface area contributed by atoms with Gasteiger partial charge in [-0.3, -0.25) is 4.79 Å². The summed E-state index contributed by atoms with van der Waals surface area (Å²) in [7, 11) is 1.60. The van der Waals surface area contributed by atoms with E-state index in [-0.39, 0.29) is 18.5 Å². The van der Waals surface area contributed by atoms with E-state index in [2.05, 4.69) is 24.1 Å². The number of nitrogens with zero attached hydrogens (tertiary/aromatic N) is 1. The first kappa shape index (κ1) is 22.4. The molecule has 30 heavy (non-hydrogen) atoms. The normalized spacial score (nSPS) is 19.3. The Labute approximate surface area is 182 Å². The fourth-order valence-electron chi connectivity index (χ4n) is 3.97. The Balaban J connectivity index is 1.99. The minimum absolute atomic E-state index is 0.00780. The highest BCUT2D eigenvalue weighted by atomic mass is 35.5. The summed E-state index contributed by atoms with van der Waals surface area (Å²) in [6, 6.07) is 15.5. The molecule has 1 aliphatic rings. The molecule has 2 unspecified atom stereocenters. The van der Waals surface area contributed by atoms with E-state index >= 15 is 0 Å². The zero-order valence-corrected chi connectivity index (χ0v) is 18.4. The van der Waals surface area contributed by atoms with Crippen molar-refractivity contribution in [3.05, 3.63) is 59.1 Å². The van der Waals surface area contributed by atoms with E-state index in [4.69, 9.17) is 21.1 Å². The van der Waals surface area contributed by atoms with Gasteiger partial charge in [-0.05, 0) is 49.7 Å². The second-order valence-electron chi connectivity index (χ2n) is 8.01. The van der Waals surface area contributed by atoms with E-state index in [1.807, 2.05) is 48.5 Å². The molecular formula is C23H29ClN2O4. The molecule has 0 spiro atoms. The monoisotopic (exact) mass is 432 g/mol. The number of hydrogen-bond donors (Lipinski definition) is 2. The van der Waals surface area contributed by atoms with Gasteiger partial charge in [0.2, 0.25) is 0 Å². The average molecular weight is 433 g/mol. The van der Waals surface area contributed by atoms with Crippen LogP contribution in [0.15, 0.2) is 48.5 Å². The molecule has 1 fully saturated rings. The van der Waals surface area contributed by atoms with Crippen LogP contribution in [0, 0.1) is 0 Å². The van der Waals surface area contributed by atoms with E-state index in [9.17, 15) is 9.90 Å². The molecule has 0 amide bonds. The maximum atomic E-state index is 11.5. The minimum atomic E-state index is -0.843. The summed E-state index contributed by atoms with van der Waals surface area (Å²) < 4.78 is 11.4. The number of para-hydroxylation sites is 1. The largest absolute Gasteiger partial charge is 0.481 e. The molecule has 1 saturated heterocycles. The Bertz CT molecular complexity index is 857. The van der Waals surface area contributed by atoms with E-state index in [0.29, 0.717) is 24.8 Å². The highest BCUT2D eigenvalue weighted by molar-refractivity contribution is 6.30. The quantitative estimate of drug-likeness (QED) is 0.635. The fourth-order valence-corrected chi connectivity index (χ4v) is 4.10. The van der Waals surface area contributed by atoms with Crippen LogP contribution in [0.25, 0.3) is 0 Å². The minimum Gasteiger partial charge on any atom is -0.481 e. The van der Waals surface area contributed by atoms with Crippen LogP contribution in [0.1, 0.15) is 31.7 Å². The van der Waals surface area contributed by atoms with Crippen LogP contribution in [-0.4, -0.2) is 49.7 Å². The van der Waals surface area contributed by atoms with Crippen molar-refractivity contribution in [2.45, 2.75) is 38.0 Å². The van der Waals surface area contributed by atoms with Gasteiger partial charge in [0, 0.05) is 36.0 Å². The topological polar surface area (TPSA) is 71.0 Å². The van der Waals surface area contributed by atoms with Crippen LogP contribution in [0.2, 0.25) is 5.02 Å². The molecule has 0 saturated carbocycles. The number of ether oxygens (including phenoxy) is 2. The van der Waals surface area contributed by atoms with Crippen LogP contribution in [-0.2, 0) is 14.3 Å². The first-order valence-corrected chi connectivity index (χ1v) is 10.4. The van der Waals surface area contributed by atoms with Crippen molar-refractivity contribution >= 4 is 28.9 Å². The number of morpholine rings is 1. The van der Waals surface area contributed by atoms with Crippen LogP contribution in [0.5, 0.6) is 0 Å². The molecule has 2 N–H and O–H groups in total. The van der Waals surface area contributed by atoms with Crippen molar-refractivity contribution in [3.8, 4) is 0 Å². The molecule has 0 bridgehead atoms. The van der Waals surface area contributed by atoms with E-state index in [1.54, 1.807) is 7.11 Å². The number of aliphatic carboxylic acids is 1. The van der Waals surface area contributed by atoms with Crippen molar-refractivity contribution in [1.29, 1.82) is 0 Å². The number of benzene rings is 2. The standard InChI is InChI=1S/C23H29ClN2O4/c1-23(2)22(25-18-10-8-17(24)9-11-18)26(12-13-30-23)20-7-5-4-6-19(20)16(15-29-3)14-21(27)28/h4-11,16,22,25H,12-15H2,1-3H3,(H,27,28). The van der Waals surface area contributed by atoms with Crippen molar-refractivity contribution < 1.29 is 19.4 Å². The second-order valence-corrected chi connectivity index (χ2v) is 8.44. The molecule has 6 nitrogen and oxygen atoms in total. The average Bonchev–Trinajstić information content (AvgIpc) is 2.70. The van der Waals surface area contributed by atoms with Gasteiger partial charge in [0.05, 0.1) is 19.6 Å². The Morgan fingerprint density at radius 2 is 2.00 bits per heavy atom. The zero-order chi connectivity index (χ0) is 21.7. The Morgan fingerprint density at radius 1 is 1.30 bits per heavy atom. The summed E-state index contributed by atoms with van der Waals surface area (Å²) >= 11 is 6.04. The predicted octanol–water partition coefficient (Wildman–Crippen LogP) is 4.60. The zero-order valence-electron chi connectivity index (χ0n) is 17.6. The first-order valence-electron chi connectivity index (χ1n) is 10.0. The van der Waals surface area contributed by atoms with Gasteiger partial charge < -0.3 is 24.8 Å².